The Labute approximate surface area is 90.9 Å². The normalized spacial score (nSPS) is 28.2. The fourth-order valence-electron chi connectivity index (χ4n) is 1.97. The van der Waals surface area contributed by atoms with Gasteiger partial charge in [0, 0.05) is 14.7 Å². The van der Waals surface area contributed by atoms with E-state index in [0.717, 1.165) is 12.8 Å². The first-order valence-corrected chi connectivity index (χ1v) is 6.34. The third-order valence-electron chi connectivity index (χ3n) is 2.70. The molecule has 3 heteroatoms. The van der Waals surface area contributed by atoms with Crippen LogP contribution in [-0.4, -0.2) is 11.2 Å². The second-order valence-corrected chi connectivity index (χ2v) is 5.61. The standard InChI is InChI=1S/C10H13BrOS/c11-8-5-9(13-6-8)4-7-2-1-3-10(7)12/h5-7,10,12H,1-4H2. The lowest BCUT2D eigenvalue weighted by molar-refractivity contribution is 0.133. The van der Waals surface area contributed by atoms with E-state index in [1.54, 1.807) is 11.3 Å². The monoisotopic (exact) mass is 260 g/mol. The van der Waals surface area contributed by atoms with Crippen molar-refractivity contribution in [1.29, 1.82) is 0 Å². The first-order valence-electron chi connectivity index (χ1n) is 4.66. The second kappa shape index (κ2) is 4.11. The highest BCUT2D eigenvalue weighted by molar-refractivity contribution is 9.10. The molecule has 1 aliphatic carbocycles. The summed E-state index contributed by atoms with van der Waals surface area (Å²) < 4.78 is 1.17. The Morgan fingerprint density at radius 3 is 2.92 bits per heavy atom. The molecule has 1 N–H and O–H groups in total. The van der Waals surface area contributed by atoms with E-state index in [1.165, 1.54) is 22.2 Å². The van der Waals surface area contributed by atoms with E-state index in [4.69, 9.17) is 0 Å². The Morgan fingerprint density at radius 2 is 2.38 bits per heavy atom. The molecule has 0 spiro atoms. The van der Waals surface area contributed by atoms with Gasteiger partial charge in [-0.25, -0.2) is 0 Å². The van der Waals surface area contributed by atoms with Crippen molar-refractivity contribution in [3.63, 3.8) is 0 Å². The molecule has 0 saturated heterocycles. The third kappa shape index (κ3) is 2.33. The molecule has 0 aliphatic heterocycles. The smallest absolute Gasteiger partial charge is 0.0571 e. The molecular formula is C10H13BrOS. The number of hydrogen-bond donors (Lipinski definition) is 1. The van der Waals surface area contributed by atoms with Crippen molar-refractivity contribution in [3.8, 4) is 0 Å². The topological polar surface area (TPSA) is 20.2 Å². The Kier molecular flexibility index (Phi) is 3.06. The molecule has 1 fully saturated rings. The quantitative estimate of drug-likeness (QED) is 0.866. The Bertz CT molecular complexity index is 284. The van der Waals surface area contributed by atoms with Crippen molar-refractivity contribution in [2.45, 2.75) is 31.8 Å². The van der Waals surface area contributed by atoms with Crippen LogP contribution >= 0.6 is 27.3 Å². The maximum atomic E-state index is 9.65. The molecule has 13 heavy (non-hydrogen) atoms. The Morgan fingerprint density at radius 1 is 1.54 bits per heavy atom. The molecule has 1 aliphatic rings. The van der Waals surface area contributed by atoms with Gasteiger partial charge < -0.3 is 5.11 Å². The van der Waals surface area contributed by atoms with Gasteiger partial charge in [0.05, 0.1) is 6.10 Å². The Balaban J connectivity index is 1.97. The fraction of sp³-hybridized carbons (Fsp3) is 0.600. The van der Waals surface area contributed by atoms with Crippen LogP contribution in [0, 0.1) is 5.92 Å². The lowest BCUT2D eigenvalue weighted by Gasteiger charge is -2.12. The summed E-state index contributed by atoms with van der Waals surface area (Å²) in [5.41, 5.74) is 0. The van der Waals surface area contributed by atoms with Gasteiger partial charge in [-0.1, -0.05) is 6.42 Å². The second-order valence-electron chi connectivity index (χ2n) is 3.69. The third-order valence-corrected chi connectivity index (χ3v) is 4.42. The molecule has 0 radical (unpaired) electrons. The minimum atomic E-state index is -0.0547. The van der Waals surface area contributed by atoms with E-state index in [-0.39, 0.29) is 6.10 Å². The zero-order chi connectivity index (χ0) is 9.26. The highest BCUT2D eigenvalue weighted by Crippen LogP contribution is 2.31. The van der Waals surface area contributed by atoms with Gasteiger partial charge in [0.25, 0.3) is 0 Å². The number of aliphatic hydroxyl groups is 1. The summed E-state index contributed by atoms with van der Waals surface area (Å²) in [7, 11) is 0. The first-order chi connectivity index (χ1) is 6.25. The average Bonchev–Trinajstić information content (AvgIpc) is 2.64. The zero-order valence-electron chi connectivity index (χ0n) is 7.37. The van der Waals surface area contributed by atoms with Gasteiger partial charge >= 0.3 is 0 Å². The largest absolute Gasteiger partial charge is 0.393 e. The van der Waals surface area contributed by atoms with E-state index >= 15 is 0 Å². The highest BCUT2D eigenvalue weighted by atomic mass is 79.9. The van der Waals surface area contributed by atoms with Crippen molar-refractivity contribution in [1.82, 2.24) is 0 Å². The summed E-state index contributed by atoms with van der Waals surface area (Å²) in [6.45, 7) is 0. The van der Waals surface area contributed by atoms with E-state index in [1.807, 2.05) is 0 Å². The van der Waals surface area contributed by atoms with Crippen LogP contribution in [-0.2, 0) is 6.42 Å². The molecule has 72 valence electrons. The van der Waals surface area contributed by atoms with Gasteiger partial charge in [-0.15, -0.1) is 11.3 Å². The molecule has 0 amide bonds. The number of halogens is 1. The lowest BCUT2D eigenvalue weighted by Crippen LogP contribution is -2.14. The first kappa shape index (κ1) is 9.69. The number of hydrogen-bond acceptors (Lipinski definition) is 2. The SMILES string of the molecule is OC1CCCC1Cc1cc(Br)cs1. The highest BCUT2D eigenvalue weighted by Gasteiger charge is 2.25. The maximum Gasteiger partial charge on any atom is 0.0571 e. The Hall–Kier alpha value is 0.140. The molecule has 0 aromatic carbocycles. The maximum absolute atomic E-state index is 9.65. The molecule has 1 saturated carbocycles. The van der Waals surface area contributed by atoms with E-state index in [0.29, 0.717) is 5.92 Å². The summed E-state index contributed by atoms with van der Waals surface area (Å²) in [5, 5.41) is 11.8. The molecule has 1 nitrogen and oxygen atoms in total. The van der Waals surface area contributed by atoms with Crippen LogP contribution < -0.4 is 0 Å². The van der Waals surface area contributed by atoms with E-state index in [2.05, 4.69) is 27.4 Å². The van der Waals surface area contributed by atoms with Crippen LogP contribution in [0.15, 0.2) is 15.9 Å². The van der Waals surface area contributed by atoms with Crippen molar-refractivity contribution < 1.29 is 5.11 Å². The van der Waals surface area contributed by atoms with Crippen LogP contribution in [0.25, 0.3) is 0 Å². The number of aliphatic hydroxyl groups excluding tert-OH is 1. The molecule has 1 heterocycles. The molecule has 1 aromatic rings. The van der Waals surface area contributed by atoms with E-state index in [9.17, 15) is 5.11 Å². The zero-order valence-corrected chi connectivity index (χ0v) is 9.77. The van der Waals surface area contributed by atoms with E-state index < -0.39 is 0 Å². The predicted molar refractivity (Wildman–Crippen MR) is 59.1 cm³/mol. The predicted octanol–water partition coefficient (Wildman–Crippen LogP) is 3.21. The minimum absolute atomic E-state index is 0.0547. The average molecular weight is 261 g/mol. The molecule has 1 aromatic heterocycles. The molecule has 0 bridgehead atoms. The fourth-order valence-corrected chi connectivity index (χ4v) is 3.52. The number of rotatable bonds is 2. The van der Waals surface area contributed by atoms with Crippen molar-refractivity contribution in [2.75, 3.05) is 0 Å². The van der Waals surface area contributed by atoms with Crippen LogP contribution in [0.5, 0.6) is 0 Å². The van der Waals surface area contributed by atoms with Crippen molar-refractivity contribution in [2.24, 2.45) is 5.92 Å². The van der Waals surface area contributed by atoms with Crippen molar-refractivity contribution in [3.05, 3.63) is 20.8 Å². The molecule has 2 atom stereocenters. The number of thiophene rings is 1. The van der Waals surface area contributed by atoms with Crippen LogP contribution in [0.4, 0.5) is 0 Å². The van der Waals surface area contributed by atoms with Gasteiger partial charge in [0.1, 0.15) is 0 Å². The van der Waals surface area contributed by atoms with Gasteiger partial charge in [0.2, 0.25) is 0 Å². The minimum Gasteiger partial charge on any atom is -0.393 e. The van der Waals surface area contributed by atoms with Gasteiger partial charge in [-0.05, 0) is 47.2 Å². The lowest BCUT2D eigenvalue weighted by atomic mass is 10.0. The van der Waals surface area contributed by atoms with Gasteiger partial charge in [-0.2, -0.15) is 0 Å². The van der Waals surface area contributed by atoms with Crippen LogP contribution in [0.1, 0.15) is 24.1 Å². The van der Waals surface area contributed by atoms with Gasteiger partial charge in [0.15, 0.2) is 0 Å². The van der Waals surface area contributed by atoms with Crippen LogP contribution in [0.2, 0.25) is 0 Å². The molecular weight excluding hydrogens is 248 g/mol. The summed E-state index contributed by atoms with van der Waals surface area (Å²) in [5.74, 6) is 0.505. The summed E-state index contributed by atoms with van der Waals surface area (Å²) in [6.07, 6.45) is 4.38. The summed E-state index contributed by atoms with van der Waals surface area (Å²) >= 11 is 5.22. The summed E-state index contributed by atoms with van der Waals surface area (Å²) in [6, 6.07) is 2.16. The molecule has 2 rings (SSSR count). The van der Waals surface area contributed by atoms with Crippen LogP contribution in [0.3, 0.4) is 0 Å². The van der Waals surface area contributed by atoms with Gasteiger partial charge in [-0.3, -0.25) is 0 Å². The summed E-state index contributed by atoms with van der Waals surface area (Å²) in [4.78, 5) is 1.39. The van der Waals surface area contributed by atoms with Crippen molar-refractivity contribution >= 4 is 27.3 Å². The molecule has 2 unspecified atom stereocenters.